The number of aliphatic hydroxyl groups is 1. The molecule has 0 aliphatic carbocycles. The smallest absolute Gasteiger partial charge is 0.326 e. The number of aliphatic hydroxyl groups excluding tert-OH is 1. The minimum absolute atomic E-state index is 0.0493. The number of nitrogens with two attached hydrogens (primary N) is 4. The topological polar surface area (TPSA) is 481 Å². The molecule has 2 rings (SSSR count). The number of phenolic OH excluding ortho intramolecular Hbond substituents is 1. The van der Waals surface area contributed by atoms with Crippen LogP contribution in [-0.2, 0) is 65.6 Å². The molecule has 0 heterocycles. The lowest BCUT2D eigenvalue weighted by atomic mass is 9.96. The van der Waals surface area contributed by atoms with E-state index in [1.54, 1.807) is 44.2 Å². The minimum atomic E-state index is -1.79. The van der Waals surface area contributed by atoms with Crippen molar-refractivity contribution in [2.45, 2.75) is 178 Å². The van der Waals surface area contributed by atoms with Crippen molar-refractivity contribution in [3.05, 3.63) is 65.7 Å². The van der Waals surface area contributed by atoms with Gasteiger partial charge in [-0.25, -0.2) is 4.79 Å². The Morgan fingerprint density at radius 2 is 0.908 bits per heavy atom. The van der Waals surface area contributed by atoms with Gasteiger partial charge in [0, 0.05) is 19.3 Å². The lowest BCUT2D eigenvalue weighted by Crippen LogP contribution is -2.61. The maximum Gasteiger partial charge on any atom is 0.326 e. The van der Waals surface area contributed by atoms with Crippen molar-refractivity contribution >= 4 is 76.9 Å². The highest BCUT2D eigenvalue weighted by Crippen LogP contribution is 2.15. The molecule has 0 radical (unpaired) electrons. The van der Waals surface area contributed by atoms with Crippen molar-refractivity contribution < 1.29 is 73.2 Å². The molecule has 2 aromatic rings. The van der Waals surface area contributed by atoms with Crippen LogP contribution < -0.4 is 70.8 Å². The molecule has 0 spiro atoms. The van der Waals surface area contributed by atoms with Gasteiger partial charge in [0.15, 0.2) is 0 Å². The molecule has 11 atom stereocenters. The first-order valence-corrected chi connectivity index (χ1v) is 30.8. The monoisotopic (exact) mass is 1240 g/mol. The predicted molar refractivity (Wildman–Crippen MR) is 326 cm³/mol. The van der Waals surface area contributed by atoms with Gasteiger partial charge in [-0.05, 0) is 132 Å². The Bertz CT molecular complexity index is 2520. The molecule has 2 aromatic carbocycles. The van der Waals surface area contributed by atoms with Gasteiger partial charge in [0.1, 0.15) is 60.1 Å². The first-order valence-electron chi connectivity index (χ1n) is 29.4. The second-order valence-electron chi connectivity index (χ2n) is 21.3. The van der Waals surface area contributed by atoms with Crippen LogP contribution in [0.25, 0.3) is 0 Å². The number of aromatic hydroxyl groups is 1. The average molecular weight is 1240 g/mol. The van der Waals surface area contributed by atoms with E-state index >= 15 is 0 Å². The zero-order valence-corrected chi connectivity index (χ0v) is 51.0. The maximum atomic E-state index is 14.4. The number of hydrogen-bond acceptors (Lipinski definition) is 18. The van der Waals surface area contributed by atoms with Gasteiger partial charge in [-0.2, -0.15) is 11.8 Å². The van der Waals surface area contributed by atoms with E-state index in [9.17, 15) is 73.2 Å². The number of carbonyl (C=O) groups excluding carboxylic acids is 9. The molecule has 486 valence electrons. The van der Waals surface area contributed by atoms with E-state index in [1.165, 1.54) is 43.0 Å². The summed E-state index contributed by atoms with van der Waals surface area (Å²) >= 11 is 1.43. The fourth-order valence-electron chi connectivity index (χ4n) is 8.79. The lowest BCUT2D eigenvalue weighted by molar-refractivity contribution is -0.142. The molecule has 0 bridgehead atoms. The van der Waals surface area contributed by atoms with Crippen LogP contribution in [0.3, 0.4) is 0 Å². The second-order valence-corrected chi connectivity index (χ2v) is 22.3. The standard InChI is InChI=1S/C58H93N13O15S/c1-5-34(2)48(57(84)68-44(31-36-15-7-6-8-16-36)55(82)69-45(58(85)86)32-37-20-22-38(73)23-21-37)71-54(81)41(19-11-14-29-61)66-52(79)42(24-25-47(74)75)67-56(83)46(33-72)70-49(76)35(3)63-51(78)40(18-10-13-28-60)65-53(80)43(26-30-87-4)64-50(77)39(62)17-9-12-27-59/h6-8,15-16,20-23,34-35,39-46,48,72-73H,5,9-14,17-19,24-33,59-62H2,1-4H3,(H,63,78)(H,64,77)(H,65,80)(H,66,79)(H,67,83)(H,68,84)(H,69,82)(H,70,76)(H,71,81)(H,74,75)(H,85,86)/t34-,35-,39-,40-,41-,42-,43-,44-,45-,46-,48-/m0/s1. The van der Waals surface area contributed by atoms with Gasteiger partial charge in [-0.3, -0.25) is 47.9 Å². The summed E-state index contributed by atoms with van der Waals surface area (Å²) in [6, 6.07) is 0.530. The number of unbranched alkanes of at least 4 members (excludes halogenated alkanes) is 3. The van der Waals surface area contributed by atoms with E-state index in [2.05, 4.69) is 47.9 Å². The number of rotatable bonds is 44. The minimum Gasteiger partial charge on any atom is -0.508 e. The van der Waals surface area contributed by atoms with Gasteiger partial charge in [0.05, 0.1) is 12.6 Å². The summed E-state index contributed by atoms with van der Waals surface area (Å²) in [5, 5.41) is 62.7. The highest BCUT2D eigenvalue weighted by molar-refractivity contribution is 7.98. The van der Waals surface area contributed by atoms with Crippen LogP contribution in [-0.4, -0.2) is 184 Å². The molecule has 9 amide bonds. The number of amides is 9. The summed E-state index contributed by atoms with van der Waals surface area (Å²) in [6.45, 7) is 4.49. The van der Waals surface area contributed by atoms with Crippen LogP contribution in [0.2, 0.25) is 0 Å². The third kappa shape index (κ3) is 28.7. The maximum absolute atomic E-state index is 14.4. The number of carboxylic acid groups (broad SMARTS) is 2. The first kappa shape index (κ1) is 75.7. The molecule has 87 heavy (non-hydrogen) atoms. The number of aliphatic carboxylic acids is 2. The van der Waals surface area contributed by atoms with Gasteiger partial charge in [0.2, 0.25) is 53.2 Å². The largest absolute Gasteiger partial charge is 0.508 e. The molecule has 0 aliphatic heterocycles. The van der Waals surface area contributed by atoms with Crippen molar-refractivity contribution in [1.29, 1.82) is 0 Å². The van der Waals surface area contributed by atoms with Crippen LogP contribution >= 0.6 is 11.8 Å². The Kier molecular flexibility index (Phi) is 36.2. The quantitative estimate of drug-likeness (QED) is 0.0320. The molecule has 29 heteroatoms. The molecule has 21 N–H and O–H groups in total. The summed E-state index contributed by atoms with van der Waals surface area (Å²) < 4.78 is 0. The van der Waals surface area contributed by atoms with E-state index in [-0.39, 0.29) is 57.4 Å². The van der Waals surface area contributed by atoms with Crippen molar-refractivity contribution in [3.8, 4) is 5.75 Å². The molecule has 0 aliphatic rings. The highest BCUT2D eigenvalue weighted by atomic mass is 32.2. The normalized spacial score (nSPS) is 14.9. The Hall–Kier alpha value is -7.44. The van der Waals surface area contributed by atoms with Crippen LogP contribution in [0.5, 0.6) is 5.75 Å². The average Bonchev–Trinajstić information content (AvgIpc) is 3.69. The molecule has 28 nitrogen and oxygen atoms in total. The summed E-state index contributed by atoms with van der Waals surface area (Å²) in [7, 11) is 0. The van der Waals surface area contributed by atoms with Crippen LogP contribution in [0.4, 0.5) is 0 Å². The third-order valence-electron chi connectivity index (χ3n) is 14.3. The van der Waals surface area contributed by atoms with Gasteiger partial charge in [-0.15, -0.1) is 0 Å². The number of nitrogens with one attached hydrogen (secondary N) is 9. The highest BCUT2D eigenvalue weighted by Gasteiger charge is 2.36. The number of thioether (sulfide) groups is 1. The number of hydrogen-bond donors (Lipinski definition) is 17. The van der Waals surface area contributed by atoms with E-state index < -0.39 is 151 Å². The van der Waals surface area contributed by atoms with Crippen molar-refractivity contribution in [3.63, 3.8) is 0 Å². The second kappa shape index (κ2) is 41.6. The Morgan fingerprint density at radius 3 is 1.41 bits per heavy atom. The van der Waals surface area contributed by atoms with E-state index in [0.29, 0.717) is 68.4 Å². The molecular formula is C58H93N13O15S. The number of benzene rings is 2. The van der Waals surface area contributed by atoms with Gasteiger partial charge < -0.3 is 91.2 Å². The summed E-state index contributed by atoms with van der Waals surface area (Å²) in [4.78, 5) is 149. The van der Waals surface area contributed by atoms with Crippen molar-refractivity contribution in [2.24, 2.45) is 28.9 Å². The van der Waals surface area contributed by atoms with Gasteiger partial charge in [-0.1, -0.05) is 69.2 Å². The molecule has 0 saturated carbocycles. The van der Waals surface area contributed by atoms with Crippen LogP contribution in [0, 0.1) is 5.92 Å². The number of phenols is 1. The molecule has 0 fully saturated rings. The van der Waals surface area contributed by atoms with E-state index in [1.807, 2.05) is 6.26 Å². The van der Waals surface area contributed by atoms with Gasteiger partial charge in [0.25, 0.3) is 0 Å². The summed E-state index contributed by atoms with van der Waals surface area (Å²) in [6.07, 6.45) is 3.89. The Balaban J connectivity index is 2.35. The summed E-state index contributed by atoms with van der Waals surface area (Å²) in [5.74, 6) is -10.8. The zero-order chi connectivity index (χ0) is 65.0. The SMILES string of the molecule is CC[C@H](C)[C@H](NC(=O)[C@H](CCCCN)NC(=O)[C@H](CCC(=O)O)NC(=O)[C@H](CO)NC(=O)[C@H](C)NC(=O)[C@H](CCCCN)NC(=O)[C@H](CCSC)NC(=O)[C@@H](N)CCCCN)C(=O)N[C@@H](Cc1ccccc1)C(=O)N[C@@H](Cc1ccc(O)cc1)C(=O)O. The zero-order valence-electron chi connectivity index (χ0n) is 50.2. The fraction of sp³-hybridized carbons (Fsp3) is 0.603. The Morgan fingerprint density at radius 1 is 0.483 bits per heavy atom. The van der Waals surface area contributed by atoms with E-state index in [4.69, 9.17) is 22.9 Å². The number of carboxylic acids is 2. The molecule has 0 unspecified atom stereocenters. The number of carbonyl (C=O) groups is 11. The van der Waals surface area contributed by atoms with Crippen molar-refractivity contribution in [1.82, 2.24) is 47.9 Å². The third-order valence-corrected chi connectivity index (χ3v) is 14.9. The predicted octanol–water partition coefficient (Wildman–Crippen LogP) is -1.98. The van der Waals surface area contributed by atoms with Gasteiger partial charge >= 0.3 is 11.9 Å². The first-order chi connectivity index (χ1) is 41.4. The summed E-state index contributed by atoms with van der Waals surface area (Å²) in [5.41, 5.74) is 24.2. The van der Waals surface area contributed by atoms with E-state index in [0.717, 1.165) is 0 Å². The lowest BCUT2D eigenvalue weighted by Gasteiger charge is -2.29. The van der Waals surface area contributed by atoms with Crippen LogP contribution in [0.15, 0.2) is 54.6 Å². The Labute approximate surface area is 512 Å². The molecule has 0 aromatic heterocycles. The van der Waals surface area contributed by atoms with Crippen molar-refractivity contribution in [2.75, 3.05) is 38.2 Å². The molecular weight excluding hydrogens is 1150 g/mol. The van der Waals surface area contributed by atoms with Crippen LogP contribution in [0.1, 0.15) is 115 Å². The molecule has 0 saturated heterocycles. The fourth-order valence-corrected chi connectivity index (χ4v) is 9.26.